The Bertz CT molecular complexity index is 415. The first-order valence-electron chi connectivity index (χ1n) is 7.71. The van der Waals surface area contributed by atoms with Crippen molar-refractivity contribution in [2.45, 2.75) is 46.3 Å². The van der Waals surface area contributed by atoms with Gasteiger partial charge in [0.05, 0.1) is 6.61 Å². The number of nitrogens with one attached hydrogen (secondary N) is 1. The number of ether oxygens (including phenoxy) is 1. The lowest BCUT2D eigenvalue weighted by Crippen LogP contribution is -2.19. The molecule has 1 aromatic carbocycles. The van der Waals surface area contributed by atoms with E-state index in [0.29, 0.717) is 18.1 Å². The van der Waals surface area contributed by atoms with Crippen LogP contribution in [-0.4, -0.2) is 13.2 Å². The van der Waals surface area contributed by atoms with Crippen LogP contribution in [0.2, 0.25) is 0 Å². The Labute approximate surface area is 121 Å². The molecule has 0 bridgehead atoms. The van der Waals surface area contributed by atoms with E-state index < -0.39 is 0 Å². The summed E-state index contributed by atoms with van der Waals surface area (Å²) < 4.78 is 19.3. The third kappa shape index (κ3) is 5.59. The van der Waals surface area contributed by atoms with E-state index in [9.17, 15) is 4.39 Å². The predicted molar refractivity (Wildman–Crippen MR) is 79.9 cm³/mol. The van der Waals surface area contributed by atoms with Crippen molar-refractivity contribution in [2.24, 2.45) is 11.8 Å². The molecule has 1 aromatic rings. The molecule has 20 heavy (non-hydrogen) atoms. The first-order chi connectivity index (χ1) is 9.65. The van der Waals surface area contributed by atoms with Crippen molar-refractivity contribution >= 4 is 0 Å². The molecule has 2 rings (SSSR count). The van der Waals surface area contributed by atoms with Gasteiger partial charge in [-0.2, -0.15) is 0 Å². The average Bonchev–Trinajstić information content (AvgIpc) is 3.21. The van der Waals surface area contributed by atoms with Crippen molar-refractivity contribution in [3.05, 3.63) is 35.1 Å². The second-order valence-corrected chi connectivity index (χ2v) is 6.24. The monoisotopic (exact) mass is 279 g/mol. The molecule has 1 N–H and O–H groups in total. The summed E-state index contributed by atoms with van der Waals surface area (Å²) in [6, 6.07) is 5.31. The third-order valence-electron chi connectivity index (χ3n) is 3.62. The van der Waals surface area contributed by atoms with Gasteiger partial charge in [0.25, 0.3) is 0 Å². The van der Waals surface area contributed by atoms with Crippen LogP contribution in [0.5, 0.6) is 0 Å². The SMILES string of the molecule is CC(C)CNCc1ccc(F)c(COCCC2CC2)c1. The van der Waals surface area contributed by atoms with Gasteiger partial charge < -0.3 is 10.1 Å². The third-order valence-corrected chi connectivity index (χ3v) is 3.62. The van der Waals surface area contributed by atoms with Crippen molar-refractivity contribution in [3.8, 4) is 0 Å². The van der Waals surface area contributed by atoms with Crippen LogP contribution in [0, 0.1) is 17.7 Å². The maximum Gasteiger partial charge on any atom is 0.128 e. The minimum absolute atomic E-state index is 0.163. The molecule has 0 atom stereocenters. The molecule has 1 aliphatic rings. The lowest BCUT2D eigenvalue weighted by Gasteiger charge is -2.10. The highest BCUT2D eigenvalue weighted by Crippen LogP contribution is 2.32. The average molecular weight is 279 g/mol. The van der Waals surface area contributed by atoms with E-state index >= 15 is 0 Å². The molecule has 0 unspecified atom stereocenters. The minimum Gasteiger partial charge on any atom is -0.377 e. The molecule has 0 amide bonds. The molecule has 0 aliphatic heterocycles. The number of benzene rings is 1. The van der Waals surface area contributed by atoms with E-state index in [1.807, 2.05) is 12.1 Å². The molecule has 1 aliphatic carbocycles. The quantitative estimate of drug-likeness (QED) is 0.692. The van der Waals surface area contributed by atoms with Crippen molar-refractivity contribution in [3.63, 3.8) is 0 Å². The van der Waals surface area contributed by atoms with Crippen LogP contribution >= 0.6 is 0 Å². The Kier molecular flexibility index (Phi) is 5.99. The van der Waals surface area contributed by atoms with Gasteiger partial charge >= 0.3 is 0 Å². The van der Waals surface area contributed by atoms with Crippen molar-refractivity contribution in [1.29, 1.82) is 0 Å². The maximum absolute atomic E-state index is 13.7. The molecule has 0 spiro atoms. The zero-order valence-corrected chi connectivity index (χ0v) is 12.6. The summed E-state index contributed by atoms with van der Waals surface area (Å²) in [5.74, 6) is 1.33. The summed E-state index contributed by atoms with van der Waals surface area (Å²) in [5.41, 5.74) is 1.79. The zero-order chi connectivity index (χ0) is 14.4. The number of hydrogen-bond acceptors (Lipinski definition) is 2. The van der Waals surface area contributed by atoms with Crippen LogP contribution in [-0.2, 0) is 17.9 Å². The first-order valence-corrected chi connectivity index (χ1v) is 7.71. The highest BCUT2D eigenvalue weighted by atomic mass is 19.1. The minimum atomic E-state index is -0.163. The topological polar surface area (TPSA) is 21.3 Å². The Morgan fingerprint density at radius 1 is 1.35 bits per heavy atom. The normalized spacial score (nSPS) is 15.0. The Hall–Kier alpha value is -0.930. The van der Waals surface area contributed by atoms with Crippen molar-refractivity contribution < 1.29 is 9.13 Å². The lowest BCUT2D eigenvalue weighted by molar-refractivity contribution is 0.113. The fraction of sp³-hybridized carbons (Fsp3) is 0.647. The van der Waals surface area contributed by atoms with Gasteiger partial charge in [0.2, 0.25) is 0 Å². The summed E-state index contributed by atoms with van der Waals surface area (Å²) in [6.45, 7) is 7.25. The van der Waals surface area contributed by atoms with E-state index in [1.165, 1.54) is 12.8 Å². The predicted octanol–water partition coefficient (Wildman–Crippen LogP) is 3.89. The van der Waals surface area contributed by atoms with E-state index in [-0.39, 0.29) is 5.82 Å². The fourth-order valence-corrected chi connectivity index (χ4v) is 2.19. The second-order valence-electron chi connectivity index (χ2n) is 6.24. The molecular weight excluding hydrogens is 253 g/mol. The van der Waals surface area contributed by atoms with Gasteiger partial charge in [-0.1, -0.05) is 32.8 Å². The summed E-state index contributed by atoms with van der Waals surface area (Å²) in [7, 11) is 0. The van der Waals surface area contributed by atoms with Gasteiger partial charge in [-0.15, -0.1) is 0 Å². The van der Waals surface area contributed by atoms with Gasteiger partial charge in [0, 0.05) is 18.7 Å². The molecule has 112 valence electrons. The number of hydrogen-bond donors (Lipinski definition) is 1. The molecule has 3 heteroatoms. The van der Waals surface area contributed by atoms with Gasteiger partial charge in [-0.25, -0.2) is 4.39 Å². The van der Waals surface area contributed by atoms with Crippen molar-refractivity contribution in [2.75, 3.05) is 13.2 Å². The van der Waals surface area contributed by atoms with Gasteiger partial charge in [-0.3, -0.25) is 0 Å². The van der Waals surface area contributed by atoms with Crippen LogP contribution < -0.4 is 5.32 Å². The second kappa shape index (κ2) is 7.75. The van der Waals surface area contributed by atoms with Crippen LogP contribution in [0.4, 0.5) is 4.39 Å². The van der Waals surface area contributed by atoms with Gasteiger partial charge in [-0.05, 0) is 42.5 Å². The highest BCUT2D eigenvalue weighted by Gasteiger charge is 2.20. The first kappa shape index (κ1) is 15.5. The summed E-state index contributed by atoms with van der Waals surface area (Å²) in [6.07, 6.45) is 3.81. The van der Waals surface area contributed by atoms with Crippen LogP contribution in [0.1, 0.15) is 44.2 Å². The molecule has 2 nitrogen and oxygen atoms in total. The van der Waals surface area contributed by atoms with Gasteiger partial charge in [0.15, 0.2) is 0 Å². The Morgan fingerprint density at radius 2 is 2.15 bits per heavy atom. The van der Waals surface area contributed by atoms with Gasteiger partial charge in [0.1, 0.15) is 5.82 Å². The molecule has 0 heterocycles. The molecule has 0 saturated heterocycles. The molecule has 1 fully saturated rings. The largest absolute Gasteiger partial charge is 0.377 e. The summed E-state index contributed by atoms with van der Waals surface area (Å²) >= 11 is 0. The van der Waals surface area contributed by atoms with Crippen molar-refractivity contribution in [1.82, 2.24) is 5.32 Å². The van der Waals surface area contributed by atoms with E-state index in [0.717, 1.165) is 37.6 Å². The van der Waals surface area contributed by atoms with Crippen LogP contribution in [0.15, 0.2) is 18.2 Å². The molecule has 0 aromatic heterocycles. The smallest absolute Gasteiger partial charge is 0.128 e. The number of rotatable bonds is 9. The highest BCUT2D eigenvalue weighted by molar-refractivity contribution is 5.24. The molecular formula is C17H26FNO. The van der Waals surface area contributed by atoms with E-state index in [2.05, 4.69) is 19.2 Å². The molecule has 0 radical (unpaired) electrons. The Morgan fingerprint density at radius 3 is 2.85 bits per heavy atom. The van der Waals surface area contributed by atoms with E-state index in [4.69, 9.17) is 4.74 Å². The lowest BCUT2D eigenvalue weighted by atomic mass is 10.1. The van der Waals surface area contributed by atoms with Crippen LogP contribution in [0.3, 0.4) is 0 Å². The summed E-state index contributed by atoms with van der Waals surface area (Å²) in [5, 5.41) is 3.37. The maximum atomic E-state index is 13.7. The zero-order valence-electron chi connectivity index (χ0n) is 12.6. The molecule has 1 saturated carbocycles. The van der Waals surface area contributed by atoms with Crippen LogP contribution in [0.25, 0.3) is 0 Å². The fourth-order valence-electron chi connectivity index (χ4n) is 2.19. The standard InChI is InChI=1S/C17H26FNO/c1-13(2)10-19-11-15-5-6-17(18)16(9-15)12-20-8-7-14-3-4-14/h5-6,9,13-14,19H,3-4,7-8,10-12H2,1-2H3. The number of halogens is 1. The summed E-state index contributed by atoms with van der Waals surface area (Å²) in [4.78, 5) is 0. The van der Waals surface area contributed by atoms with E-state index in [1.54, 1.807) is 6.07 Å². The Balaban J connectivity index is 1.77.